The lowest BCUT2D eigenvalue weighted by Crippen LogP contribution is -2.15. The fraction of sp³-hybridized carbons (Fsp3) is 0.440. The Balaban J connectivity index is 1.37. The fourth-order valence-corrected chi connectivity index (χ4v) is 6.30. The Labute approximate surface area is 208 Å². The molecule has 3 aromatic rings. The highest BCUT2D eigenvalue weighted by Crippen LogP contribution is 2.40. The molecule has 0 bridgehead atoms. The molecule has 1 aliphatic rings. The van der Waals surface area contributed by atoms with Crippen LogP contribution < -0.4 is 10.1 Å². The van der Waals surface area contributed by atoms with Crippen LogP contribution in [0.4, 0.5) is 5.00 Å². The SMILES string of the molecule is CCC1CCc2c(sc(NC(=O)CSc3nnc(C(C)Oc4cccc(C)c4)n3C)c2C#N)C1. The number of fused-ring (bicyclic) bond motifs is 1. The number of benzene rings is 1. The van der Waals surface area contributed by atoms with Crippen LogP contribution in [-0.2, 0) is 24.7 Å². The van der Waals surface area contributed by atoms with Gasteiger partial charge in [-0.1, -0.05) is 37.2 Å². The molecule has 9 heteroatoms. The highest BCUT2D eigenvalue weighted by atomic mass is 32.2. The molecule has 2 aromatic heterocycles. The Morgan fingerprint density at radius 2 is 2.26 bits per heavy atom. The lowest BCUT2D eigenvalue weighted by Gasteiger charge is -2.20. The van der Waals surface area contributed by atoms with Crippen molar-refractivity contribution >= 4 is 34.0 Å². The summed E-state index contributed by atoms with van der Waals surface area (Å²) in [6.07, 6.45) is 3.89. The van der Waals surface area contributed by atoms with Crippen molar-refractivity contribution in [3.05, 3.63) is 51.7 Å². The number of hydrogen-bond acceptors (Lipinski definition) is 7. The minimum Gasteiger partial charge on any atom is -0.483 e. The molecule has 34 heavy (non-hydrogen) atoms. The zero-order chi connectivity index (χ0) is 24.2. The Kier molecular flexibility index (Phi) is 7.59. The first-order valence-electron chi connectivity index (χ1n) is 11.5. The number of thiophene rings is 1. The molecular weight excluding hydrogens is 466 g/mol. The van der Waals surface area contributed by atoms with E-state index in [9.17, 15) is 10.1 Å². The van der Waals surface area contributed by atoms with Gasteiger partial charge in [-0.05, 0) is 62.3 Å². The first-order valence-corrected chi connectivity index (χ1v) is 13.3. The van der Waals surface area contributed by atoms with Crippen molar-refractivity contribution in [2.45, 2.75) is 57.7 Å². The monoisotopic (exact) mass is 495 g/mol. The Morgan fingerprint density at radius 3 is 3.00 bits per heavy atom. The van der Waals surface area contributed by atoms with Crippen molar-refractivity contribution in [2.24, 2.45) is 13.0 Å². The largest absolute Gasteiger partial charge is 0.483 e. The molecule has 0 fully saturated rings. The van der Waals surface area contributed by atoms with Gasteiger partial charge in [-0.25, -0.2) is 0 Å². The molecular formula is C25H29N5O2S2. The van der Waals surface area contributed by atoms with Crippen molar-refractivity contribution in [3.63, 3.8) is 0 Å². The van der Waals surface area contributed by atoms with Gasteiger partial charge in [0.25, 0.3) is 0 Å². The molecule has 2 atom stereocenters. The number of thioether (sulfide) groups is 1. The summed E-state index contributed by atoms with van der Waals surface area (Å²) >= 11 is 2.87. The number of anilines is 1. The third kappa shape index (κ3) is 5.29. The van der Waals surface area contributed by atoms with Gasteiger partial charge in [-0.3, -0.25) is 4.79 Å². The maximum absolute atomic E-state index is 12.7. The van der Waals surface area contributed by atoms with Crippen LogP contribution >= 0.6 is 23.1 Å². The molecule has 1 aromatic carbocycles. The van der Waals surface area contributed by atoms with Gasteiger partial charge in [0.05, 0.1) is 11.3 Å². The molecule has 2 heterocycles. The van der Waals surface area contributed by atoms with E-state index in [1.165, 1.54) is 16.6 Å². The molecule has 4 rings (SSSR count). The highest BCUT2D eigenvalue weighted by molar-refractivity contribution is 7.99. The Bertz CT molecular complexity index is 1230. The van der Waals surface area contributed by atoms with E-state index in [0.717, 1.165) is 42.6 Å². The molecule has 0 saturated carbocycles. The van der Waals surface area contributed by atoms with Crippen molar-refractivity contribution in [3.8, 4) is 11.8 Å². The summed E-state index contributed by atoms with van der Waals surface area (Å²) in [5.41, 5.74) is 2.89. The van der Waals surface area contributed by atoms with Crippen LogP contribution in [0.5, 0.6) is 5.75 Å². The van der Waals surface area contributed by atoms with E-state index in [2.05, 4.69) is 28.5 Å². The van der Waals surface area contributed by atoms with Gasteiger partial charge in [-0.15, -0.1) is 21.5 Å². The number of carbonyl (C=O) groups is 1. The quantitative estimate of drug-likeness (QED) is 0.418. The molecule has 0 saturated heterocycles. The molecule has 0 spiro atoms. The summed E-state index contributed by atoms with van der Waals surface area (Å²) in [6.45, 7) is 6.16. The van der Waals surface area contributed by atoms with Crippen molar-refractivity contribution in [2.75, 3.05) is 11.1 Å². The number of hydrogen-bond donors (Lipinski definition) is 1. The maximum Gasteiger partial charge on any atom is 0.235 e. The average molecular weight is 496 g/mol. The van der Waals surface area contributed by atoms with E-state index in [1.54, 1.807) is 11.3 Å². The second-order valence-corrected chi connectivity index (χ2v) is 10.7. The summed E-state index contributed by atoms with van der Waals surface area (Å²) < 4.78 is 7.87. The van der Waals surface area contributed by atoms with Gasteiger partial charge >= 0.3 is 0 Å². The van der Waals surface area contributed by atoms with E-state index in [-0.39, 0.29) is 17.8 Å². The summed E-state index contributed by atoms with van der Waals surface area (Å²) in [5, 5.41) is 22.5. The molecule has 0 aliphatic heterocycles. The van der Waals surface area contributed by atoms with Gasteiger partial charge in [-0.2, -0.15) is 5.26 Å². The lowest BCUT2D eigenvalue weighted by atomic mass is 9.86. The third-order valence-electron chi connectivity index (χ3n) is 6.18. The zero-order valence-electron chi connectivity index (χ0n) is 19.9. The third-order valence-corrected chi connectivity index (χ3v) is 8.37. The molecule has 7 nitrogen and oxygen atoms in total. The van der Waals surface area contributed by atoms with Crippen LogP contribution in [0.15, 0.2) is 29.4 Å². The molecule has 1 amide bonds. The predicted molar refractivity (Wildman–Crippen MR) is 135 cm³/mol. The second kappa shape index (κ2) is 10.6. The molecule has 0 radical (unpaired) electrons. The number of ether oxygens (including phenoxy) is 1. The maximum atomic E-state index is 12.7. The molecule has 1 N–H and O–H groups in total. The Morgan fingerprint density at radius 1 is 1.44 bits per heavy atom. The fourth-order valence-electron chi connectivity index (χ4n) is 4.25. The molecule has 2 unspecified atom stereocenters. The van der Waals surface area contributed by atoms with Gasteiger partial charge < -0.3 is 14.6 Å². The normalized spacial score (nSPS) is 15.9. The minimum absolute atomic E-state index is 0.152. The highest BCUT2D eigenvalue weighted by Gasteiger charge is 2.26. The summed E-state index contributed by atoms with van der Waals surface area (Å²) in [4.78, 5) is 13.9. The van der Waals surface area contributed by atoms with Crippen molar-refractivity contribution in [1.29, 1.82) is 5.26 Å². The van der Waals surface area contributed by atoms with E-state index in [4.69, 9.17) is 4.74 Å². The van der Waals surface area contributed by atoms with E-state index < -0.39 is 0 Å². The topological polar surface area (TPSA) is 92.8 Å². The number of nitriles is 1. The van der Waals surface area contributed by atoms with Crippen LogP contribution in [0, 0.1) is 24.2 Å². The van der Waals surface area contributed by atoms with Crippen LogP contribution in [0.25, 0.3) is 0 Å². The second-order valence-electron chi connectivity index (χ2n) is 8.65. The number of carbonyl (C=O) groups excluding carboxylic acids is 1. The number of aryl methyl sites for hydroxylation is 1. The van der Waals surface area contributed by atoms with Gasteiger partial charge in [0.15, 0.2) is 17.1 Å². The summed E-state index contributed by atoms with van der Waals surface area (Å²) in [6, 6.07) is 10.2. The zero-order valence-corrected chi connectivity index (χ0v) is 21.6. The number of nitrogens with one attached hydrogen (secondary N) is 1. The van der Waals surface area contributed by atoms with Gasteiger partial charge in [0.1, 0.15) is 16.8 Å². The first-order chi connectivity index (χ1) is 16.4. The van der Waals surface area contributed by atoms with Crippen LogP contribution in [-0.4, -0.2) is 26.4 Å². The van der Waals surface area contributed by atoms with Crippen LogP contribution in [0.3, 0.4) is 0 Å². The summed E-state index contributed by atoms with van der Waals surface area (Å²) in [7, 11) is 1.87. The standard InChI is InChI=1S/C25H29N5O2S2/c1-5-17-9-10-19-20(13-26)24(34-21(19)12-17)27-22(31)14-33-25-29-28-23(30(25)4)16(3)32-18-8-6-7-15(2)11-18/h6-8,11,16-17H,5,9-10,12,14H2,1-4H3,(H,27,31). The van der Waals surface area contributed by atoms with Crippen molar-refractivity contribution < 1.29 is 9.53 Å². The Hall–Kier alpha value is -2.83. The van der Waals surface area contributed by atoms with E-state index in [0.29, 0.717) is 27.5 Å². The smallest absolute Gasteiger partial charge is 0.235 e. The molecule has 1 aliphatic carbocycles. The van der Waals surface area contributed by atoms with Crippen molar-refractivity contribution in [1.82, 2.24) is 14.8 Å². The number of amides is 1. The minimum atomic E-state index is -0.287. The predicted octanol–water partition coefficient (Wildman–Crippen LogP) is 5.44. The number of aromatic nitrogens is 3. The number of nitrogens with zero attached hydrogens (tertiary/aromatic N) is 4. The van der Waals surface area contributed by atoms with Crippen LogP contribution in [0.1, 0.15) is 60.2 Å². The lowest BCUT2D eigenvalue weighted by molar-refractivity contribution is -0.113. The average Bonchev–Trinajstić information content (AvgIpc) is 3.36. The summed E-state index contributed by atoms with van der Waals surface area (Å²) in [5.74, 6) is 2.17. The first kappa shape index (κ1) is 24.3. The van der Waals surface area contributed by atoms with Crippen LogP contribution in [0.2, 0.25) is 0 Å². The number of rotatable bonds is 8. The van der Waals surface area contributed by atoms with E-state index in [1.807, 2.05) is 49.7 Å². The van der Waals surface area contributed by atoms with Gasteiger partial charge in [0, 0.05) is 11.9 Å². The molecule has 178 valence electrons. The van der Waals surface area contributed by atoms with E-state index >= 15 is 0 Å². The van der Waals surface area contributed by atoms with Gasteiger partial charge in [0.2, 0.25) is 5.91 Å².